The molecule has 0 bridgehead atoms. The topological polar surface area (TPSA) is 72.9 Å². The molecule has 3 N–H and O–H groups in total. The van der Waals surface area contributed by atoms with E-state index in [1.165, 1.54) is 0 Å². The van der Waals surface area contributed by atoms with E-state index in [1.54, 1.807) is 12.5 Å². The minimum absolute atomic E-state index is 0.150. The van der Waals surface area contributed by atoms with Gasteiger partial charge in [0.1, 0.15) is 0 Å². The van der Waals surface area contributed by atoms with E-state index in [4.69, 9.17) is 5.73 Å². The molecule has 5 nitrogen and oxygen atoms in total. The lowest BCUT2D eigenvalue weighted by Gasteiger charge is -2.37. The van der Waals surface area contributed by atoms with Gasteiger partial charge in [-0.3, -0.25) is 4.79 Å². The maximum Gasteiger partial charge on any atom is 0.227 e. The Kier molecular flexibility index (Phi) is 5.17. The zero-order valence-electron chi connectivity index (χ0n) is 12.3. The molecule has 1 amide bonds. The molecule has 5 heteroatoms. The molecule has 1 aliphatic rings. The van der Waals surface area contributed by atoms with Crippen molar-refractivity contribution in [1.82, 2.24) is 14.9 Å². The SMILES string of the molecule is CC1CCC(CN)(C(=O)NCCCn2ccnc2)CC1. The summed E-state index contributed by atoms with van der Waals surface area (Å²) in [6, 6.07) is 0. The number of rotatable bonds is 6. The minimum atomic E-state index is -0.318. The molecule has 2 rings (SSSR count). The molecule has 0 aromatic carbocycles. The van der Waals surface area contributed by atoms with Gasteiger partial charge in [-0.1, -0.05) is 6.92 Å². The highest BCUT2D eigenvalue weighted by Gasteiger charge is 2.39. The maximum absolute atomic E-state index is 12.4. The average molecular weight is 278 g/mol. The van der Waals surface area contributed by atoms with E-state index in [-0.39, 0.29) is 11.3 Å². The van der Waals surface area contributed by atoms with Crippen LogP contribution in [0.1, 0.15) is 39.0 Å². The molecule has 0 spiro atoms. The number of nitrogens with two attached hydrogens (primary N) is 1. The normalized spacial score (nSPS) is 26.4. The van der Waals surface area contributed by atoms with Crippen LogP contribution in [0.2, 0.25) is 0 Å². The Balaban J connectivity index is 1.75. The van der Waals surface area contributed by atoms with Crippen LogP contribution in [0.5, 0.6) is 0 Å². The zero-order chi connectivity index (χ0) is 14.4. The summed E-state index contributed by atoms with van der Waals surface area (Å²) in [5, 5.41) is 3.07. The van der Waals surface area contributed by atoms with Gasteiger partial charge in [0.15, 0.2) is 0 Å². The van der Waals surface area contributed by atoms with Crippen molar-refractivity contribution >= 4 is 5.91 Å². The first-order chi connectivity index (χ1) is 9.66. The largest absolute Gasteiger partial charge is 0.356 e. The second kappa shape index (κ2) is 6.88. The number of carbonyl (C=O) groups excluding carboxylic acids is 1. The fourth-order valence-electron chi connectivity index (χ4n) is 2.91. The molecule has 0 aliphatic heterocycles. The second-order valence-corrected chi connectivity index (χ2v) is 6.08. The number of imidazole rings is 1. The Morgan fingerprint density at radius 3 is 2.85 bits per heavy atom. The molecule has 0 atom stereocenters. The van der Waals surface area contributed by atoms with Gasteiger partial charge in [-0.2, -0.15) is 0 Å². The predicted molar refractivity (Wildman–Crippen MR) is 79.0 cm³/mol. The summed E-state index contributed by atoms with van der Waals surface area (Å²) in [5.41, 5.74) is 5.57. The van der Waals surface area contributed by atoms with E-state index in [0.717, 1.165) is 44.6 Å². The molecular weight excluding hydrogens is 252 g/mol. The lowest BCUT2D eigenvalue weighted by atomic mass is 9.70. The Morgan fingerprint density at radius 1 is 1.50 bits per heavy atom. The van der Waals surface area contributed by atoms with Crippen molar-refractivity contribution in [2.45, 2.75) is 45.6 Å². The number of nitrogens with one attached hydrogen (secondary N) is 1. The number of aryl methyl sites for hydroxylation is 1. The monoisotopic (exact) mass is 278 g/mol. The lowest BCUT2D eigenvalue weighted by molar-refractivity contribution is -0.132. The van der Waals surface area contributed by atoms with Crippen LogP contribution in [0.3, 0.4) is 0 Å². The van der Waals surface area contributed by atoms with Gasteiger partial charge in [0.25, 0.3) is 0 Å². The predicted octanol–water partition coefficient (Wildman–Crippen LogP) is 1.54. The summed E-state index contributed by atoms with van der Waals surface area (Å²) in [7, 11) is 0. The molecule has 0 radical (unpaired) electrons. The molecule has 1 aliphatic carbocycles. The van der Waals surface area contributed by atoms with E-state index in [0.29, 0.717) is 13.1 Å². The van der Waals surface area contributed by atoms with Crippen LogP contribution in [0, 0.1) is 11.3 Å². The average Bonchev–Trinajstić information content (AvgIpc) is 2.98. The van der Waals surface area contributed by atoms with Crippen molar-refractivity contribution in [3.05, 3.63) is 18.7 Å². The number of nitrogens with zero attached hydrogens (tertiary/aromatic N) is 2. The summed E-state index contributed by atoms with van der Waals surface area (Å²) in [5.74, 6) is 0.876. The Morgan fingerprint density at radius 2 is 2.25 bits per heavy atom. The first-order valence-corrected chi connectivity index (χ1v) is 7.60. The van der Waals surface area contributed by atoms with Crippen molar-refractivity contribution in [3.8, 4) is 0 Å². The summed E-state index contributed by atoms with van der Waals surface area (Å²) in [4.78, 5) is 16.4. The summed E-state index contributed by atoms with van der Waals surface area (Å²) >= 11 is 0. The number of hydrogen-bond acceptors (Lipinski definition) is 3. The standard InChI is InChI=1S/C15H26N4O/c1-13-3-5-15(11-16,6-4-13)14(20)18-7-2-9-19-10-8-17-12-19/h8,10,12-13H,2-7,9,11,16H2,1H3,(H,18,20). The smallest absolute Gasteiger partial charge is 0.227 e. The quantitative estimate of drug-likeness (QED) is 0.775. The van der Waals surface area contributed by atoms with Gasteiger partial charge in [-0.25, -0.2) is 4.98 Å². The van der Waals surface area contributed by atoms with Crippen molar-refractivity contribution in [3.63, 3.8) is 0 Å². The number of hydrogen-bond donors (Lipinski definition) is 2. The molecule has 1 fully saturated rings. The molecule has 20 heavy (non-hydrogen) atoms. The molecular formula is C15H26N4O. The van der Waals surface area contributed by atoms with Crippen molar-refractivity contribution in [2.75, 3.05) is 13.1 Å². The number of aromatic nitrogens is 2. The van der Waals surface area contributed by atoms with Crippen molar-refractivity contribution in [2.24, 2.45) is 17.1 Å². The van der Waals surface area contributed by atoms with Gasteiger partial charge in [-0.05, 0) is 38.0 Å². The third-order valence-corrected chi connectivity index (χ3v) is 4.54. The van der Waals surface area contributed by atoms with Crippen LogP contribution in [0.4, 0.5) is 0 Å². The Bertz CT molecular complexity index is 408. The number of carbonyl (C=O) groups is 1. The van der Waals surface area contributed by atoms with Gasteiger partial charge in [0.2, 0.25) is 5.91 Å². The summed E-state index contributed by atoms with van der Waals surface area (Å²) in [6.07, 6.45) is 10.5. The molecule has 1 heterocycles. The third-order valence-electron chi connectivity index (χ3n) is 4.54. The Labute approximate surface area is 120 Å². The minimum Gasteiger partial charge on any atom is -0.356 e. The summed E-state index contributed by atoms with van der Waals surface area (Å²) in [6.45, 7) is 4.30. The van der Waals surface area contributed by atoms with Crippen LogP contribution in [-0.4, -0.2) is 28.5 Å². The zero-order valence-corrected chi connectivity index (χ0v) is 12.3. The maximum atomic E-state index is 12.4. The van der Waals surface area contributed by atoms with Crippen LogP contribution in [0.25, 0.3) is 0 Å². The van der Waals surface area contributed by atoms with E-state index in [9.17, 15) is 4.79 Å². The van der Waals surface area contributed by atoms with Crippen molar-refractivity contribution in [1.29, 1.82) is 0 Å². The molecule has 0 unspecified atom stereocenters. The van der Waals surface area contributed by atoms with E-state index >= 15 is 0 Å². The first kappa shape index (κ1) is 15.0. The van der Waals surface area contributed by atoms with E-state index in [1.807, 2.05) is 10.8 Å². The van der Waals surface area contributed by atoms with Crippen LogP contribution >= 0.6 is 0 Å². The van der Waals surface area contributed by atoms with Gasteiger partial charge < -0.3 is 15.6 Å². The van der Waals surface area contributed by atoms with Gasteiger partial charge in [-0.15, -0.1) is 0 Å². The summed E-state index contributed by atoms with van der Waals surface area (Å²) < 4.78 is 2.02. The van der Waals surface area contributed by atoms with Gasteiger partial charge in [0.05, 0.1) is 11.7 Å². The highest BCUT2D eigenvalue weighted by molar-refractivity contribution is 5.83. The molecule has 1 aromatic heterocycles. The van der Waals surface area contributed by atoms with E-state index in [2.05, 4.69) is 17.2 Å². The molecule has 112 valence electrons. The highest BCUT2D eigenvalue weighted by atomic mass is 16.2. The molecule has 1 saturated carbocycles. The second-order valence-electron chi connectivity index (χ2n) is 6.08. The van der Waals surface area contributed by atoms with Gasteiger partial charge >= 0.3 is 0 Å². The lowest BCUT2D eigenvalue weighted by Crippen LogP contribution is -2.48. The fourth-order valence-corrected chi connectivity index (χ4v) is 2.91. The molecule has 0 saturated heterocycles. The molecule has 1 aromatic rings. The first-order valence-electron chi connectivity index (χ1n) is 7.60. The van der Waals surface area contributed by atoms with E-state index < -0.39 is 0 Å². The number of amides is 1. The van der Waals surface area contributed by atoms with Crippen LogP contribution in [-0.2, 0) is 11.3 Å². The fraction of sp³-hybridized carbons (Fsp3) is 0.733. The van der Waals surface area contributed by atoms with Crippen LogP contribution < -0.4 is 11.1 Å². The van der Waals surface area contributed by atoms with Crippen molar-refractivity contribution < 1.29 is 4.79 Å². The van der Waals surface area contributed by atoms with Gasteiger partial charge in [0, 0.05) is 32.0 Å². The van der Waals surface area contributed by atoms with Crippen LogP contribution in [0.15, 0.2) is 18.7 Å². The Hall–Kier alpha value is -1.36. The highest BCUT2D eigenvalue weighted by Crippen LogP contribution is 2.38. The third kappa shape index (κ3) is 3.60.